The van der Waals surface area contributed by atoms with Crippen LogP contribution in [0.4, 0.5) is 15.0 Å². The van der Waals surface area contributed by atoms with Crippen LogP contribution in [-0.4, -0.2) is 48.5 Å². The Morgan fingerprint density at radius 2 is 1.79 bits per heavy atom. The molecule has 1 amide bonds. The molecule has 0 radical (unpaired) electrons. The first-order valence-electron chi connectivity index (χ1n) is 11.4. The molecule has 1 aromatic rings. The monoisotopic (exact) mass is 475 g/mol. The summed E-state index contributed by atoms with van der Waals surface area (Å²) in [6, 6.07) is 0. The zero-order valence-corrected chi connectivity index (χ0v) is 21.2. The highest BCUT2D eigenvalue weighted by Gasteiger charge is 2.11. The number of unbranched alkanes of at least 4 members (excludes halogenated alkanes) is 3. The van der Waals surface area contributed by atoms with Crippen molar-refractivity contribution in [1.82, 2.24) is 9.55 Å². The predicted molar refractivity (Wildman–Crippen MR) is 127 cm³/mol. The van der Waals surface area contributed by atoms with Gasteiger partial charge in [-0.05, 0) is 18.8 Å². The highest BCUT2D eigenvalue weighted by molar-refractivity contribution is 5.83. The molecule has 0 aliphatic carbocycles. The van der Waals surface area contributed by atoms with Crippen LogP contribution in [0.5, 0.6) is 0 Å². The molecular formula is C23H42FN3O6. The van der Waals surface area contributed by atoms with Gasteiger partial charge in [-0.15, -0.1) is 0 Å². The number of hydrogen-bond donors (Lipinski definition) is 1. The number of methoxy groups -OCH3 is 1. The second-order valence-corrected chi connectivity index (χ2v) is 7.44. The van der Waals surface area contributed by atoms with E-state index in [1.807, 2.05) is 0 Å². The Balaban J connectivity index is 0. The molecule has 0 saturated heterocycles. The number of anilines is 1. The zero-order valence-electron chi connectivity index (χ0n) is 21.2. The van der Waals surface area contributed by atoms with Crippen LogP contribution >= 0.6 is 0 Å². The molecule has 1 rings (SSSR count). The van der Waals surface area contributed by atoms with E-state index in [4.69, 9.17) is 9.47 Å². The van der Waals surface area contributed by atoms with Crippen molar-refractivity contribution >= 4 is 17.9 Å². The van der Waals surface area contributed by atoms with Crippen LogP contribution in [0, 0.1) is 11.7 Å². The molecule has 9 nitrogen and oxygen atoms in total. The standard InChI is InChI=1S/C12H18FN3O3.C8H18O.C3H6O2/c1-3-4-5-6-7-19-12(18)15-10-9(13)8-16(2)11(17)14-10;1-4-6-9-7-8(3)5-2;1-3(4)5-2/h8H,3-7H2,1-2H3,(H,14,15,17,18);8H,4-7H2,1-3H3;1-2H3. The zero-order chi connectivity index (χ0) is 25.6. The smallest absolute Gasteiger partial charge is 0.412 e. The first kappa shape index (κ1) is 32.7. The second kappa shape index (κ2) is 21.4. The Bertz CT molecular complexity index is 712. The number of aryl methyl sites for hydroxylation is 1. The van der Waals surface area contributed by atoms with Crippen molar-refractivity contribution in [1.29, 1.82) is 0 Å². The highest BCUT2D eigenvalue weighted by atomic mass is 19.1. The third kappa shape index (κ3) is 19.9. The Morgan fingerprint density at radius 1 is 1.15 bits per heavy atom. The molecule has 0 aliphatic heterocycles. The molecule has 1 unspecified atom stereocenters. The summed E-state index contributed by atoms with van der Waals surface area (Å²) in [6.45, 7) is 12.1. The molecule has 0 saturated carbocycles. The number of halogens is 1. The molecular weight excluding hydrogens is 433 g/mol. The van der Waals surface area contributed by atoms with E-state index in [0.29, 0.717) is 0 Å². The SMILES string of the molecule is CCCCCCOC(=O)Nc1nc(=O)n(C)cc1F.CCCOCC(C)CC.COC(C)=O. The summed E-state index contributed by atoms with van der Waals surface area (Å²) in [4.78, 5) is 35.5. The van der Waals surface area contributed by atoms with E-state index in [9.17, 15) is 18.8 Å². The molecule has 33 heavy (non-hydrogen) atoms. The molecule has 1 heterocycles. The lowest BCUT2D eigenvalue weighted by Gasteiger charge is -2.07. The summed E-state index contributed by atoms with van der Waals surface area (Å²) in [5.41, 5.74) is -0.653. The minimum absolute atomic E-state index is 0.245. The van der Waals surface area contributed by atoms with Gasteiger partial charge >= 0.3 is 17.8 Å². The van der Waals surface area contributed by atoms with Gasteiger partial charge < -0.3 is 14.2 Å². The van der Waals surface area contributed by atoms with Gasteiger partial charge in [-0.3, -0.25) is 14.7 Å². The number of nitrogens with one attached hydrogen (secondary N) is 1. The van der Waals surface area contributed by atoms with Crippen LogP contribution in [-0.2, 0) is 26.1 Å². The average molecular weight is 476 g/mol. The Kier molecular flexibility index (Phi) is 21.2. The second-order valence-electron chi connectivity index (χ2n) is 7.44. The van der Waals surface area contributed by atoms with Gasteiger partial charge in [-0.25, -0.2) is 14.0 Å². The summed E-state index contributed by atoms with van der Waals surface area (Å²) in [5.74, 6) is -0.715. The first-order chi connectivity index (χ1) is 15.6. The molecule has 0 bridgehead atoms. The van der Waals surface area contributed by atoms with Gasteiger partial charge in [0.25, 0.3) is 0 Å². The fourth-order valence-electron chi connectivity index (χ4n) is 1.98. The van der Waals surface area contributed by atoms with Crippen LogP contribution in [0.25, 0.3) is 0 Å². The van der Waals surface area contributed by atoms with E-state index in [0.717, 1.165) is 62.0 Å². The van der Waals surface area contributed by atoms with Crippen LogP contribution < -0.4 is 11.0 Å². The third-order valence-corrected chi connectivity index (χ3v) is 4.23. The number of nitrogens with zero attached hydrogens (tertiary/aromatic N) is 2. The van der Waals surface area contributed by atoms with Gasteiger partial charge in [0.05, 0.1) is 13.7 Å². The largest absolute Gasteiger partial charge is 0.469 e. The quantitative estimate of drug-likeness (QED) is 0.365. The molecule has 0 spiro atoms. The molecule has 0 aliphatic rings. The number of aromatic nitrogens is 2. The van der Waals surface area contributed by atoms with Crippen molar-refractivity contribution in [3.63, 3.8) is 0 Å². The minimum Gasteiger partial charge on any atom is -0.469 e. The van der Waals surface area contributed by atoms with Crippen LogP contribution in [0.2, 0.25) is 0 Å². The third-order valence-electron chi connectivity index (χ3n) is 4.23. The van der Waals surface area contributed by atoms with Gasteiger partial charge in [-0.2, -0.15) is 4.98 Å². The van der Waals surface area contributed by atoms with Gasteiger partial charge in [0, 0.05) is 33.4 Å². The maximum Gasteiger partial charge on any atom is 0.412 e. The molecule has 0 aromatic carbocycles. The Morgan fingerprint density at radius 3 is 2.30 bits per heavy atom. The van der Waals surface area contributed by atoms with Crippen molar-refractivity contribution in [2.45, 2.75) is 73.1 Å². The van der Waals surface area contributed by atoms with E-state index in [2.05, 4.69) is 42.7 Å². The van der Waals surface area contributed by atoms with Crippen molar-refractivity contribution in [2.75, 3.05) is 32.2 Å². The molecule has 1 N–H and O–H groups in total. The molecule has 1 aromatic heterocycles. The lowest BCUT2D eigenvalue weighted by molar-refractivity contribution is -0.137. The summed E-state index contributed by atoms with van der Waals surface area (Å²) in [5, 5.41) is 2.11. The molecule has 1 atom stereocenters. The Hall–Kier alpha value is -2.49. The number of ether oxygens (including phenoxy) is 3. The topological polar surface area (TPSA) is 109 Å². The minimum atomic E-state index is -0.809. The number of hydrogen-bond acceptors (Lipinski definition) is 7. The lowest BCUT2D eigenvalue weighted by atomic mass is 10.1. The number of amides is 1. The summed E-state index contributed by atoms with van der Waals surface area (Å²) in [7, 11) is 2.72. The summed E-state index contributed by atoms with van der Waals surface area (Å²) in [6.07, 6.45) is 6.41. The normalized spacial score (nSPS) is 10.7. The number of carbonyl (C=O) groups excluding carboxylic acids is 2. The van der Waals surface area contributed by atoms with Crippen molar-refractivity contribution in [3.8, 4) is 0 Å². The molecule has 192 valence electrons. The first-order valence-corrected chi connectivity index (χ1v) is 11.4. The predicted octanol–water partition coefficient (Wildman–Crippen LogP) is 4.69. The Labute approximate surface area is 197 Å². The van der Waals surface area contributed by atoms with Crippen LogP contribution in [0.15, 0.2) is 11.0 Å². The average Bonchev–Trinajstić information content (AvgIpc) is 2.78. The van der Waals surface area contributed by atoms with Crippen molar-refractivity contribution in [2.24, 2.45) is 13.0 Å². The van der Waals surface area contributed by atoms with Crippen molar-refractivity contribution in [3.05, 3.63) is 22.5 Å². The number of carbonyl (C=O) groups is 2. The fourth-order valence-corrected chi connectivity index (χ4v) is 1.98. The van der Waals surface area contributed by atoms with Gasteiger partial charge in [0.15, 0.2) is 11.6 Å². The van der Waals surface area contributed by atoms with E-state index < -0.39 is 23.4 Å². The van der Waals surface area contributed by atoms with Crippen molar-refractivity contribution < 1.29 is 28.2 Å². The molecule has 0 fully saturated rings. The van der Waals surface area contributed by atoms with E-state index >= 15 is 0 Å². The maximum absolute atomic E-state index is 13.4. The summed E-state index contributed by atoms with van der Waals surface area (Å²) < 4.78 is 28.7. The highest BCUT2D eigenvalue weighted by Crippen LogP contribution is 2.07. The van der Waals surface area contributed by atoms with Crippen LogP contribution in [0.3, 0.4) is 0 Å². The number of rotatable bonds is 11. The van der Waals surface area contributed by atoms with Gasteiger partial charge in [-0.1, -0.05) is 53.4 Å². The van der Waals surface area contributed by atoms with Gasteiger partial charge in [0.2, 0.25) is 0 Å². The van der Waals surface area contributed by atoms with Crippen LogP contribution in [0.1, 0.15) is 73.1 Å². The number of esters is 1. The van der Waals surface area contributed by atoms with E-state index in [1.54, 1.807) is 0 Å². The van der Waals surface area contributed by atoms with Gasteiger partial charge in [0.1, 0.15) is 0 Å². The molecule has 10 heteroatoms. The fraction of sp³-hybridized carbons (Fsp3) is 0.739. The lowest BCUT2D eigenvalue weighted by Crippen LogP contribution is -2.24. The van der Waals surface area contributed by atoms with E-state index in [-0.39, 0.29) is 12.6 Å². The maximum atomic E-state index is 13.4. The van der Waals surface area contributed by atoms with E-state index in [1.165, 1.54) is 27.5 Å². The summed E-state index contributed by atoms with van der Waals surface area (Å²) >= 11 is 0.